The third kappa shape index (κ3) is 5.49. The van der Waals surface area contributed by atoms with Crippen LogP contribution < -0.4 is 24.8 Å². The van der Waals surface area contributed by atoms with Gasteiger partial charge in [-0.05, 0) is 12.0 Å². The van der Waals surface area contributed by atoms with Gasteiger partial charge in [0.25, 0.3) is 0 Å². The average molecular weight is 409 g/mol. The van der Waals surface area contributed by atoms with E-state index in [2.05, 4.69) is 43.8 Å². The second-order valence-corrected chi connectivity index (χ2v) is 6.86. The predicted octanol–water partition coefficient (Wildman–Crippen LogP) is 2.73. The molecule has 0 fully saturated rings. The summed E-state index contributed by atoms with van der Waals surface area (Å²) >= 11 is 0. The molecule has 158 valence electrons. The van der Waals surface area contributed by atoms with Crippen LogP contribution in [0.2, 0.25) is 0 Å². The summed E-state index contributed by atoms with van der Waals surface area (Å²) in [6.45, 7) is 2.94. The Kier molecular flexibility index (Phi) is 6.73. The highest BCUT2D eigenvalue weighted by Crippen LogP contribution is 2.38. The van der Waals surface area contributed by atoms with E-state index in [0.717, 1.165) is 12.4 Å². The molecule has 0 saturated carbocycles. The van der Waals surface area contributed by atoms with E-state index >= 15 is 0 Å². The fourth-order valence-electron chi connectivity index (χ4n) is 2.94. The summed E-state index contributed by atoms with van der Waals surface area (Å²) in [5.74, 6) is 2.78. The molecule has 8 nitrogen and oxygen atoms in total. The molecule has 0 unspecified atom stereocenters. The Labute approximate surface area is 167 Å². The Morgan fingerprint density at radius 2 is 1.97 bits per heavy atom. The van der Waals surface area contributed by atoms with Crippen LogP contribution in [0.25, 0.3) is 0 Å². The molecule has 10 heteroatoms. The number of hydrogen-bond donors (Lipinski definition) is 2. The first-order valence-electron chi connectivity index (χ1n) is 9.28. The van der Waals surface area contributed by atoms with Gasteiger partial charge in [-0.3, -0.25) is 4.99 Å². The molecule has 0 saturated heterocycles. The van der Waals surface area contributed by atoms with Crippen LogP contribution in [0.1, 0.15) is 25.2 Å². The Bertz CT molecular complexity index is 854. The summed E-state index contributed by atoms with van der Waals surface area (Å²) in [4.78, 5) is 8.53. The maximum atomic E-state index is 12.8. The second-order valence-electron chi connectivity index (χ2n) is 6.86. The van der Waals surface area contributed by atoms with Crippen LogP contribution in [0, 0.1) is 5.92 Å². The molecular weight excluding hydrogens is 384 g/mol. The van der Waals surface area contributed by atoms with Gasteiger partial charge in [0.15, 0.2) is 17.5 Å². The summed E-state index contributed by atoms with van der Waals surface area (Å²) in [5, 5.41) is 6.27. The molecule has 0 spiro atoms. The quantitative estimate of drug-likeness (QED) is 0.515. The molecule has 0 amide bonds. The minimum Gasteiger partial charge on any atom is -0.454 e. The summed E-state index contributed by atoms with van der Waals surface area (Å²) in [6, 6.07) is 3.03. The van der Waals surface area contributed by atoms with Gasteiger partial charge in [-0.2, -0.15) is 8.78 Å². The lowest BCUT2D eigenvalue weighted by molar-refractivity contribution is -0.0505. The zero-order valence-electron chi connectivity index (χ0n) is 16.6. The molecule has 0 aliphatic carbocycles. The molecule has 2 heterocycles. The van der Waals surface area contributed by atoms with Crippen molar-refractivity contribution in [3.05, 3.63) is 35.9 Å². The minimum absolute atomic E-state index is 0.0275. The molecule has 1 aromatic carbocycles. The van der Waals surface area contributed by atoms with E-state index in [1.807, 2.05) is 6.20 Å². The Hall–Kier alpha value is -3.04. The lowest BCUT2D eigenvalue weighted by Gasteiger charge is -2.16. The van der Waals surface area contributed by atoms with E-state index in [4.69, 9.17) is 9.47 Å². The molecule has 2 aromatic rings. The number of nitrogens with zero attached hydrogens (tertiary/aromatic N) is 3. The minimum atomic E-state index is -2.94. The van der Waals surface area contributed by atoms with Crippen molar-refractivity contribution in [2.75, 3.05) is 13.8 Å². The SMILES string of the molecule is CN=C(NCc1cc2c(cc1OC(F)F)OCO2)NCc1nccn1CC(C)C. The number of aromatic nitrogens is 2. The van der Waals surface area contributed by atoms with Crippen LogP contribution in [-0.4, -0.2) is 36.0 Å². The Morgan fingerprint density at radius 3 is 2.66 bits per heavy atom. The third-order valence-electron chi connectivity index (χ3n) is 4.22. The van der Waals surface area contributed by atoms with Crippen LogP contribution >= 0.6 is 0 Å². The molecule has 1 aliphatic heterocycles. The largest absolute Gasteiger partial charge is 0.454 e. The van der Waals surface area contributed by atoms with Gasteiger partial charge in [-0.15, -0.1) is 0 Å². The van der Waals surface area contributed by atoms with Gasteiger partial charge in [0.05, 0.1) is 6.54 Å². The zero-order chi connectivity index (χ0) is 20.8. The molecule has 0 atom stereocenters. The molecule has 0 bridgehead atoms. The molecule has 29 heavy (non-hydrogen) atoms. The standard InChI is InChI=1S/C19H25F2N5O3/c1-12(2)10-26-5-4-23-17(26)9-25-19(22-3)24-8-13-6-15-16(28-11-27-15)7-14(13)29-18(20)21/h4-7,12,18H,8-11H2,1-3H3,(H2,22,24,25). The number of guanidine groups is 1. The van der Waals surface area contributed by atoms with Crippen molar-refractivity contribution >= 4 is 5.96 Å². The molecule has 1 aliphatic rings. The van der Waals surface area contributed by atoms with Crippen molar-refractivity contribution in [3.8, 4) is 17.2 Å². The number of imidazole rings is 1. The molecule has 2 N–H and O–H groups in total. The number of fused-ring (bicyclic) bond motifs is 1. The van der Waals surface area contributed by atoms with Crippen LogP contribution in [0.3, 0.4) is 0 Å². The van der Waals surface area contributed by atoms with E-state index in [1.165, 1.54) is 6.07 Å². The van der Waals surface area contributed by atoms with Crippen molar-refractivity contribution in [3.63, 3.8) is 0 Å². The van der Waals surface area contributed by atoms with Gasteiger partial charge < -0.3 is 29.4 Å². The van der Waals surface area contributed by atoms with Gasteiger partial charge >= 0.3 is 6.61 Å². The van der Waals surface area contributed by atoms with Gasteiger partial charge in [0, 0.05) is 44.2 Å². The highest BCUT2D eigenvalue weighted by atomic mass is 19.3. The molecule has 1 aromatic heterocycles. The lowest BCUT2D eigenvalue weighted by atomic mass is 10.1. The monoisotopic (exact) mass is 409 g/mol. The molecular formula is C19H25F2N5O3. The number of benzene rings is 1. The lowest BCUT2D eigenvalue weighted by Crippen LogP contribution is -2.37. The maximum absolute atomic E-state index is 12.8. The first kappa shape index (κ1) is 20.7. The van der Waals surface area contributed by atoms with Crippen LogP contribution in [0.15, 0.2) is 29.5 Å². The van der Waals surface area contributed by atoms with Crippen molar-refractivity contribution < 1.29 is 23.0 Å². The van der Waals surface area contributed by atoms with E-state index in [0.29, 0.717) is 35.5 Å². The third-order valence-corrected chi connectivity index (χ3v) is 4.22. The Morgan fingerprint density at radius 1 is 1.24 bits per heavy atom. The average Bonchev–Trinajstić information content (AvgIpc) is 3.29. The number of nitrogens with one attached hydrogen (secondary N) is 2. The number of alkyl halides is 2. The zero-order valence-corrected chi connectivity index (χ0v) is 16.6. The molecule has 3 rings (SSSR count). The number of halogens is 2. The fourth-order valence-corrected chi connectivity index (χ4v) is 2.94. The fraction of sp³-hybridized carbons (Fsp3) is 0.474. The van der Waals surface area contributed by atoms with Crippen molar-refractivity contribution in [1.29, 1.82) is 0 Å². The van der Waals surface area contributed by atoms with Gasteiger partial charge in [0.2, 0.25) is 6.79 Å². The topological polar surface area (TPSA) is 81.9 Å². The maximum Gasteiger partial charge on any atom is 0.387 e. The smallest absolute Gasteiger partial charge is 0.387 e. The number of rotatable bonds is 8. The van der Waals surface area contributed by atoms with Gasteiger partial charge in [0.1, 0.15) is 11.6 Å². The number of hydrogen-bond acceptors (Lipinski definition) is 5. The molecule has 0 radical (unpaired) electrons. The first-order valence-corrected chi connectivity index (χ1v) is 9.28. The second kappa shape index (κ2) is 9.44. The van der Waals surface area contributed by atoms with Gasteiger partial charge in [-0.1, -0.05) is 13.8 Å². The number of aliphatic imine (C=N–C) groups is 1. The van der Waals surface area contributed by atoms with Crippen molar-refractivity contribution in [2.24, 2.45) is 10.9 Å². The van der Waals surface area contributed by atoms with E-state index in [9.17, 15) is 8.78 Å². The Balaban J connectivity index is 1.63. The summed E-state index contributed by atoms with van der Waals surface area (Å²) < 4.78 is 42.8. The van der Waals surface area contributed by atoms with Crippen LogP contribution in [0.4, 0.5) is 8.78 Å². The van der Waals surface area contributed by atoms with E-state index < -0.39 is 6.61 Å². The predicted molar refractivity (Wildman–Crippen MR) is 103 cm³/mol. The summed E-state index contributed by atoms with van der Waals surface area (Å²) in [6.07, 6.45) is 3.70. The van der Waals surface area contributed by atoms with E-state index in [-0.39, 0.29) is 19.1 Å². The normalized spacial score (nSPS) is 13.3. The van der Waals surface area contributed by atoms with Crippen LogP contribution in [0.5, 0.6) is 17.2 Å². The van der Waals surface area contributed by atoms with Gasteiger partial charge in [-0.25, -0.2) is 4.98 Å². The van der Waals surface area contributed by atoms with E-state index in [1.54, 1.807) is 19.3 Å². The first-order chi connectivity index (χ1) is 14.0. The van der Waals surface area contributed by atoms with Crippen molar-refractivity contribution in [1.82, 2.24) is 20.2 Å². The highest BCUT2D eigenvalue weighted by molar-refractivity contribution is 5.79. The van der Waals surface area contributed by atoms with Crippen LogP contribution in [-0.2, 0) is 19.6 Å². The van der Waals surface area contributed by atoms with Crippen molar-refractivity contribution in [2.45, 2.75) is 40.1 Å². The highest BCUT2D eigenvalue weighted by Gasteiger charge is 2.20. The number of ether oxygens (including phenoxy) is 3. The summed E-state index contributed by atoms with van der Waals surface area (Å²) in [5.41, 5.74) is 0.499. The summed E-state index contributed by atoms with van der Waals surface area (Å²) in [7, 11) is 1.63.